The van der Waals surface area contributed by atoms with E-state index < -0.39 is 8.07 Å². The molecule has 0 heterocycles. The molecule has 0 nitrogen and oxygen atoms in total. The van der Waals surface area contributed by atoms with E-state index in [1.54, 1.807) is 0 Å². The van der Waals surface area contributed by atoms with Crippen LogP contribution in [-0.2, 0) is 0 Å². The molecule has 0 spiro atoms. The summed E-state index contributed by atoms with van der Waals surface area (Å²) in [5.41, 5.74) is 4.15. The maximum absolute atomic E-state index is 4.07. The van der Waals surface area contributed by atoms with Crippen LogP contribution in [0, 0.1) is 0 Å². The number of hydrogen-bond acceptors (Lipinski definition) is 0. The van der Waals surface area contributed by atoms with Crippen molar-refractivity contribution >= 4 is 50.3 Å². The molecule has 0 bridgehead atoms. The predicted molar refractivity (Wildman–Crippen MR) is 93.7 cm³/mol. The summed E-state index contributed by atoms with van der Waals surface area (Å²) in [4.78, 5) is 0. The van der Waals surface area contributed by atoms with Gasteiger partial charge in [-0.15, -0.1) is 13.2 Å². The molecule has 2 aromatic rings. The minimum atomic E-state index is -2.06. The SMILES string of the molecule is C=C[Si](C=C)(c1ccc(Br)cc1)c1ccc(Br)cc1. The standard InChI is InChI=1S/C16H14Br2Si/c1-3-19(4-2,15-9-5-13(17)6-10-15)16-11-7-14(18)8-12-16/h3-12H,1-2H2. The Morgan fingerprint density at radius 2 is 1.00 bits per heavy atom. The van der Waals surface area contributed by atoms with E-state index in [-0.39, 0.29) is 0 Å². The zero-order valence-electron chi connectivity index (χ0n) is 10.4. The molecule has 2 aromatic carbocycles. The van der Waals surface area contributed by atoms with E-state index >= 15 is 0 Å². The molecule has 0 N–H and O–H groups in total. The first kappa shape index (κ1) is 14.5. The highest BCUT2D eigenvalue weighted by molar-refractivity contribution is 9.10. The van der Waals surface area contributed by atoms with Crippen LogP contribution in [0.25, 0.3) is 0 Å². The van der Waals surface area contributed by atoms with Gasteiger partial charge in [0.25, 0.3) is 0 Å². The van der Waals surface area contributed by atoms with Crippen molar-refractivity contribution in [1.29, 1.82) is 0 Å². The lowest BCUT2D eigenvalue weighted by Gasteiger charge is -2.25. The number of rotatable bonds is 4. The predicted octanol–water partition coefficient (Wildman–Crippen LogP) is 4.23. The average molecular weight is 394 g/mol. The quantitative estimate of drug-likeness (QED) is 0.682. The van der Waals surface area contributed by atoms with Crippen LogP contribution in [0.1, 0.15) is 0 Å². The molecule has 3 heteroatoms. The van der Waals surface area contributed by atoms with Crippen LogP contribution < -0.4 is 10.4 Å². The topological polar surface area (TPSA) is 0 Å². The monoisotopic (exact) mass is 392 g/mol. The van der Waals surface area contributed by atoms with Crippen molar-refractivity contribution in [2.75, 3.05) is 0 Å². The maximum Gasteiger partial charge on any atom is 0.163 e. The number of benzene rings is 2. The summed E-state index contributed by atoms with van der Waals surface area (Å²) in [5.74, 6) is 0. The van der Waals surface area contributed by atoms with Gasteiger partial charge in [0.1, 0.15) is 0 Å². The van der Waals surface area contributed by atoms with Gasteiger partial charge in [-0.3, -0.25) is 0 Å². The highest BCUT2D eigenvalue weighted by Crippen LogP contribution is 2.14. The summed E-state index contributed by atoms with van der Waals surface area (Å²) < 4.78 is 2.17. The largest absolute Gasteiger partial charge is 0.163 e. The van der Waals surface area contributed by atoms with Gasteiger partial charge in [0.05, 0.1) is 0 Å². The zero-order valence-corrected chi connectivity index (χ0v) is 14.6. The van der Waals surface area contributed by atoms with Gasteiger partial charge in [-0.2, -0.15) is 0 Å². The molecule has 0 radical (unpaired) electrons. The van der Waals surface area contributed by atoms with Gasteiger partial charge in [-0.1, -0.05) is 67.5 Å². The van der Waals surface area contributed by atoms with Crippen molar-refractivity contribution in [2.45, 2.75) is 0 Å². The number of hydrogen-bond donors (Lipinski definition) is 0. The van der Waals surface area contributed by atoms with Crippen LogP contribution in [0.2, 0.25) is 0 Å². The van der Waals surface area contributed by atoms with Gasteiger partial charge in [0.2, 0.25) is 0 Å². The fraction of sp³-hybridized carbons (Fsp3) is 0. The minimum absolute atomic E-state index is 1.09. The lowest BCUT2D eigenvalue weighted by Crippen LogP contribution is -2.55. The Hall–Kier alpha value is -0.903. The Balaban J connectivity index is 2.60. The van der Waals surface area contributed by atoms with E-state index in [4.69, 9.17) is 0 Å². The van der Waals surface area contributed by atoms with Gasteiger partial charge < -0.3 is 0 Å². The zero-order chi connectivity index (χ0) is 13.9. The molecule has 0 aliphatic rings. The van der Waals surface area contributed by atoms with Crippen molar-refractivity contribution < 1.29 is 0 Å². The Labute approximate surface area is 132 Å². The fourth-order valence-corrected chi connectivity index (χ4v) is 5.58. The smallest absolute Gasteiger partial charge is 0.106 e. The molecule has 0 saturated carbocycles. The third-order valence-electron chi connectivity index (χ3n) is 3.29. The summed E-state index contributed by atoms with van der Waals surface area (Å²) in [6.07, 6.45) is 0. The lowest BCUT2D eigenvalue weighted by atomic mass is 10.4. The first-order valence-corrected chi connectivity index (χ1v) is 9.66. The van der Waals surface area contributed by atoms with Crippen LogP contribution in [0.15, 0.2) is 82.0 Å². The molecule has 19 heavy (non-hydrogen) atoms. The molecule has 0 aliphatic heterocycles. The molecule has 0 saturated heterocycles. The Morgan fingerprint density at radius 3 is 1.26 bits per heavy atom. The molecule has 96 valence electrons. The first-order valence-electron chi connectivity index (χ1n) is 5.91. The average Bonchev–Trinajstić information content (AvgIpc) is 2.44. The Kier molecular flexibility index (Phi) is 4.61. The molecule has 0 aliphatic carbocycles. The summed E-state index contributed by atoms with van der Waals surface area (Å²) in [6, 6.07) is 16.9. The van der Waals surface area contributed by atoms with E-state index in [1.807, 2.05) is 0 Å². The van der Waals surface area contributed by atoms with Crippen molar-refractivity contribution in [3.8, 4) is 0 Å². The molecule has 2 rings (SSSR count). The van der Waals surface area contributed by atoms with Gasteiger partial charge >= 0.3 is 0 Å². The van der Waals surface area contributed by atoms with Crippen molar-refractivity contribution in [3.63, 3.8) is 0 Å². The van der Waals surface area contributed by atoms with Gasteiger partial charge in [-0.05, 0) is 34.6 Å². The second kappa shape index (κ2) is 6.03. The maximum atomic E-state index is 4.07. The first-order chi connectivity index (χ1) is 9.12. The number of halogens is 2. The lowest BCUT2D eigenvalue weighted by molar-refractivity contribution is 1.65. The Morgan fingerprint density at radius 1 is 0.684 bits per heavy atom. The molecule has 0 atom stereocenters. The van der Waals surface area contributed by atoms with Crippen molar-refractivity contribution in [3.05, 3.63) is 82.0 Å². The highest BCUT2D eigenvalue weighted by atomic mass is 79.9. The minimum Gasteiger partial charge on any atom is -0.106 e. The molecular weight excluding hydrogens is 380 g/mol. The molecule has 0 aromatic heterocycles. The van der Waals surface area contributed by atoms with Crippen LogP contribution in [0.3, 0.4) is 0 Å². The van der Waals surface area contributed by atoms with Gasteiger partial charge in [-0.25, -0.2) is 0 Å². The van der Waals surface area contributed by atoms with Gasteiger partial charge in [0.15, 0.2) is 8.07 Å². The van der Waals surface area contributed by atoms with Crippen LogP contribution >= 0.6 is 31.9 Å². The second-order valence-electron chi connectivity index (χ2n) is 4.29. The molecule has 0 fully saturated rings. The summed E-state index contributed by atoms with van der Waals surface area (Å²) >= 11 is 6.96. The highest BCUT2D eigenvalue weighted by Gasteiger charge is 2.30. The Bertz CT molecular complexity index is 530. The summed E-state index contributed by atoms with van der Waals surface area (Å²) in [6.45, 7) is 8.14. The van der Waals surface area contributed by atoms with Crippen molar-refractivity contribution in [1.82, 2.24) is 0 Å². The normalized spacial score (nSPS) is 11.1. The van der Waals surface area contributed by atoms with Crippen LogP contribution in [0.4, 0.5) is 0 Å². The van der Waals surface area contributed by atoms with Crippen LogP contribution in [-0.4, -0.2) is 8.07 Å². The molecular formula is C16H14Br2Si. The second-order valence-corrected chi connectivity index (χ2v) is 9.83. The van der Waals surface area contributed by atoms with Crippen molar-refractivity contribution in [2.24, 2.45) is 0 Å². The molecule has 0 amide bonds. The summed E-state index contributed by atoms with van der Waals surface area (Å²) in [5, 5.41) is 2.59. The van der Waals surface area contributed by atoms with Crippen LogP contribution in [0.5, 0.6) is 0 Å². The van der Waals surface area contributed by atoms with E-state index in [1.165, 1.54) is 10.4 Å². The van der Waals surface area contributed by atoms with E-state index in [2.05, 4.69) is 105 Å². The van der Waals surface area contributed by atoms with E-state index in [0.29, 0.717) is 0 Å². The molecule has 0 unspecified atom stereocenters. The summed E-state index contributed by atoms with van der Waals surface area (Å²) in [7, 11) is -2.06. The van der Waals surface area contributed by atoms with Gasteiger partial charge in [0, 0.05) is 8.95 Å². The van der Waals surface area contributed by atoms with E-state index in [0.717, 1.165) is 8.95 Å². The third kappa shape index (κ3) is 2.83. The fourth-order valence-electron chi connectivity index (χ4n) is 2.17. The van der Waals surface area contributed by atoms with E-state index in [9.17, 15) is 0 Å². The third-order valence-corrected chi connectivity index (χ3v) is 8.21.